The molecule has 0 aliphatic rings. The fourth-order valence-electron chi connectivity index (χ4n) is 1.17. The standard InChI is InChI=1S/C10H10ClNO3/c1-3-4-7-5-9(12(13)14)10(15-2)6-8(7)11/h3-6H,1-2H3/b4-3+. The summed E-state index contributed by atoms with van der Waals surface area (Å²) in [5.41, 5.74) is 0.515. The van der Waals surface area contributed by atoms with E-state index in [2.05, 4.69) is 0 Å². The summed E-state index contributed by atoms with van der Waals surface area (Å²) in [5.74, 6) is 0.165. The first-order valence-corrected chi connectivity index (χ1v) is 4.62. The van der Waals surface area contributed by atoms with E-state index < -0.39 is 4.92 Å². The third kappa shape index (κ3) is 2.47. The Morgan fingerprint density at radius 2 is 2.20 bits per heavy atom. The van der Waals surface area contributed by atoms with Crippen LogP contribution in [0, 0.1) is 10.1 Å². The number of allylic oxidation sites excluding steroid dienone is 1. The van der Waals surface area contributed by atoms with Crippen LogP contribution in [0.25, 0.3) is 6.08 Å². The zero-order valence-corrected chi connectivity index (χ0v) is 9.12. The van der Waals surface area contributed by atoms with Gasteiger partial charge in [0.15, 0.2) is 5.75 Å². The summed E-state index contributed by atoms with van der Waals surface area (Å²) in [6, 6.07) is 2.83. The van der Waals surface area contributed by atoms with Gasteiger partial charge in [-0.15, -0.1) is 0 Å². The van der Waals surface area contributed by atoms with Crippen molar-refractivity contribution in [2.75, 3.05) is 7.11 Å². The summed E-state index contributed by atoms with van der Waals surface area (Å²) in [6.45, 7) is 1.81. The highest BCUT2D eigenvalue weighted by Gasteiger charge is 2.16. The first kappa shape index (κ1) is 11.5. The maximum atomic E-state index is 10.7. The number of rotatable bonds is 3. The van der Waals surface area contributed by atoms with E-state index in [0.717, 1.165) is 0 Å². The van der Waals surface area contributed by atoms with Crippen molar-refractivity contribution in [2.45, 2.75) is 6.92 Å². The van der Waals surface area contributed by atoms with E-state index >= 15 is 0 Å². The molecule has 0 saturated carbocycles. The molecule has 0 atom stereocenters. The topological polar surface area (TPSA) is 52.4 Å². The molecular formula is C10H10ClNO3. The van der Waals surface area contributed by atoms with E-state index in [1.807, 2.05) is 6.92 Å². The zero-order valence-electron chi connectivity index (χ0n) is 8.36. The van der Waals surface area contributed by atoms with E-state index in [-0.39, 0.29) is 11.4 Å². The average molecular weight is 228 g/mol. The molecule has 0 bridgehead atoms. The zero-order chi connectivity index (χ0) is 11.4. The summed E-state index contributed by atoms with van der Waals surface area (Å²) < 4.78 is 4.87. The largest absolute Gasteiger partial charge is 0.490 e. The van der Waals surface area contributed by atoms with Gasteiger partial charge in [-0.2, -0.15) is 0 Å². The van der Waals surface area contributed by atoms with Gasteiger partial charge < -0.3 is 4.74 Å². The lowest BCUT2D eigenvalue weighted by molar-refractivity contribution is -0.385. The van der Waals surface area contributed by atoms with Gasteiger partial charge in [-0.05, 0) is 12.5 Å². The quantitative estimate of drug-likeness (QED) is 0.588. The van der Waals surface area contributed by atoms with Crippen LogP contribution in [0.5, 0.6) is 5.75 Å². The van der Waals surface area contributed by atoms with E-state index in [0.29, 0.717) is 10.6 Å². The second-order valence-corrected chi connectivity index (χ2v) is 3.21. The summed E-state index contributed by atoms with van der Waals surface area (Å²) in [4.78, 5) is 10.2. The highest BCUT2D eigenvalue weighted by molar-refractivity contribution is 6.32. The number of ether oxygens (including phenoxy) is 1. The number of methoxy groups -OCH3 is 1. The first-order valence-electron chi connectivity index (χ1n) is 4.24. The fourth-order valence-corrected chi connectivity index (χ4v) is 1.39. The third-order valence-electron chi connectivity index (χ3n) is 1.84. The van der Waals surface area contributed by atoms with Crippen LogP contribution in [0.15, 0.2) is 18.2 Å². The predicted molar refractivity (Wildman–Crippen MR) is 59.4 cm³/mol. The van der Waals surface area contributed by atoms with Crippen molar-refractivity contribution in [3.05, 3.63) is 38.9 Å². The number of nitrogens with zero attached hydrogens (tertiary/aromatic N) is 1. The van der Waals surface area contributed by atoms with Gasteiger partial charge in [0.05, 0.1) is 17.1 Å². The second kappa shape index (κ2) is 4.79. The maximum absolute atomic E-state index is 10.7. The Kier molecular flexibility index (Phi) is 3.68. The van der Waals surface area contributed by atoms with E-state index in [4.69, 9.17) is 16.3 Å². The minimum atomic E-state index is -0.498. The second-order valence-electron chi connectivity index (χ2n) is 2.80. The molecule has 0 saturated heterocycles. The Hall–Kier alpha value is -1.55. The van der Waals surface area contributed by atoms with Gasteiger partial charge >= 0.3 is 5.69 Å². The summed E-state index contributed by atoms with van der Waals surface area (Å²) in [5, 5.41) is 11.1. The molecule has 0 heterocycles. The molecule has 4 nitrogen and oxygen atoms in total. The van der Waals surface area contributed by atoms with Crippen LogP contribution in [0.1, 0.15) is 12.5 Å². The molecule has 0 amide bonds. The normalized spacial score (nSPS) is 10.6. The maximum Gasteiger partial charge on any atom is 0.311 e. The van der Waals surface area contributed by atoms with Crippen LogP contribution >= 0.6 is 11.6 Å². The SMILES string of the molecule is C/C=C/c1cc([N+](=O)[O-])c(OC)cc1Cl. The van der Waals surface area contributed by atoms with Gasteiger partial charge in [-0.1, -0.05) is 23.8 Å². The van der Waals surface area contributed by atoms with Gasteiger partial charge in [-0.3, -0.25) is 10.1 Å². The Morgan fingerprint density at radius 1 is 1.53 bits per heavy atom. The Balaban J connectivity index is 3.36. The minimum Gasteiger partial charge on any atom is -0.490 e. The molecule has 0 aliphatic heterocycles. The molecule has 0 radical (unpaired) electrons. The van der Waals surface area contributed by atoms with Crippen LogP contribution in [0.4, 0.5) is 5.69 Å². The molecule has 0 spiro atoms. The predicted octanol–water partition coefficient (Wildman–Crippen LogP) is 3.29. The number of nitro groups is 1. The van der Waals surface area contributed by atoms with Crippen molar-refractivity contribution < 1.29 is 9.66 Å². The summed E-state index contributed by atoms with van der Waals surface area (Å²) >= 11 is 5.91. The monoisotopic (exact) mass is 227 g/mol. The molecule has 15 heavy (non-hydrogen) atoms. The molecular weight excluding hydrogens is 218 g/mol. The number of benzene rings is 1. The van der Waals surface area contributed by atoms with Gasteiger partial charge in [0.1, 0.15) is 0 Å². The molecule has 0 aromatic heterocycles. The smallest absolute Gasteiger partial charge is 0.311 e. The Labute approximate surface area is 92.3 Å². The molecule has 1 aromatic carbocycles. The average Bonchev–Trinajstić information content (AvgIpc) is 2.20. The first-order chi connectivity index (χ1) is 7.10. The van der Waals surface area contributed by atoms with E-state index in [1.54, 1.807) is 12.2 Å². The van der Waals surface area contributed by atoms with Crippen molar-refractivity contribution in [1.82, 2.24) is 0 Å². The third-order valence-corrected chi connectivity index (χ3v) is 2.17. The van der Waals surface area contributed by atoms with Crippen molar-refractivity contribution in [1.29, 1.82) is 0 Å². The number of hydrogen-bond donors (Lipinski definition) is 0. The van der Waals surface area contributed by atoms with E-state index in [1.165, 1.54) is 19.2 Å². The molecule has 0 N–H and O–H groups in total. The molecule has 0 aliphatic carbocycles. The molecule has 5 heteroatoms. The lowest BCUT2D eigenvalue weighted by Gasteiger charge is -2.04. The number of hydrogen-bond acceptors (Lipinski definition) is 3. The van der Waals surface area contributed by atoms with Crippen LogP contribution in [-0.2, 0) is 0 Å². The van der Waals surface area contributed by atoms with Crippen molar-refractivity contribution in [2.24, 2.45) is 0 Å². The van der Waals surface area contributed by atoms with Gasteiger partial charge in [0.2, 0.25) is 0 Å². The summed E-state index contributed by atoms with van der Waals surface area (Å²) in [6.07, 6.45) is 3.46. The van der Waals surface area contributed by atoms with Gasteiger partial charge in [0.25, 0.3) is 0 Å². The van der Waals surface area contributed by atoms with Crippen LogP contribution in [0.2, 0.25) is 5.02 Å². The van der Waals surface area contributed by atoms with E-state index in [9.17, 15) is 10.1 Å². The Bertz CT molecular complexity index is 415. The molecule has 1 aromatic rings. The fraction of sp³-hybridized carbons (Fsp3) is 0.200. The molecule has 0 fully saturated rings. The number of nitro benzene ring substituents is 1. The van der Waals surface area contributed by atoms with Crippen LogP contribution in [-0.4, -0.2) is 12.0 Å². The number of halogens is 1. The molecule has 0 unspecified atom stereocenters. The van der Waals surface area contributed by atoms with Crippen molar-refractivity contribution in [3.63, 3.8) is 0 Å². The van der Waals surface area contributed by atoms with Crippen molar-refractivity contribution >= 4 is 23.4 Å². The van der Waals surface area contributed by atoms with Gasteiger partial charge in [-0.25, -0.2) is 0 Å². The summed E-state index contributed by atoms with van der Waals surface area (Å²) in [7, 11) is 1.37. The van der Waals surface area contributed by atoms with Crippen molar-refractivity contribution in [3.8, 4) is 5.75 Å². The lowest BCUT2D eigenvalue weighted by Crippen LogP contribution is -1.94. The van der Waals surface area contributed by atoms with Gasteiger partial charge in [0, 0.05) is 12.1 Å². The minimum absolute atomic E-state index is 0.0880. The Morgan fingerprint density at radius 3 is 2.67 bits per heavy atom. The molecule has 1 rings (SSSR count). The van der Waals surface area contributed by atoms with Crippen LogP contribution in [0.3, 0.4) is 0 Å². The lowest BCUT2D eigenvalue weighted by atomic mass is 10.1. The van der Waals surface area contributed by atoms with Crippen LogP contribution < -0.4 is 4.74 Å². The highest BCUT2D eigenvalue weighted by atomic mass is 35.5. The molecule has 80 valence electrons. The highest BCUT2D eigenvalue weighted by Crippen LogP contribution is 2.33.